The number of aromatic amines is 1. The molecule has 1 saturated heterocycles. The minimum absolute atomic E-state index is 0.0932. The van der Waals surface area contributed by atoms with Gasteiger partial charge in [-0.1, -0.05) is 5.16 Å². The number of nitrogens with two attached hydrogens (primary N) is 1. The maximum atomic E-state index is 5.96. The molecule has 2 aromatic rings. The molecule has 1 fully saturated rings. The van der Waals surface area contributed by atoms with Gasteiger partial charge < -0.3 is 10.3 Å². The summed E-state index contributed by atoms with van der Waals surface area (Å²) in [6.07, 6.45) is 1.55. The van der Waals surface area contributed by atoms with Crippen molar-refractivity contribution in [3.63, 3.8) is 0 Å². The molecule has 3 N–H and O–H groups in total. The summed E-state index contributed by atoms with van der Waals surface area (Å²) in [5.74, 6) is 3.06. The highest BCUT2D eigenvalue weighted by Crippen LogP contribution is 2.31. The molecule has 84 valence electrons. The molecule has 1 aliphatic rings. The van der Waals surface area contributed by atoms with Crippen LogP contribution in [0.3, 0.4) is 0 Å². The average Bonchev–Trinajstić information content (AvgIpc) is 2.96. The van der Waals surface area contributed by atoms with E-state index in [9.17, 15) is 0 Å². The van der Waals surface area contributed by atoms with E-state index in [0.717, 1.165) is 11.5 Å². The van der Waals surface area contributed by atoms with Gasteiger partial charge in [-0.05, 0) is 0 Å². The van der Waals surface area contributed by atoms with E-state index in [0.29, 0.717) is 17.4 Å². The van der Waals surface area contributed by atoms with Gasteiger partial charge in [0.2, 0.25) is 11.7 Å². The van der Waals surface area contributed by atoms with E-state index in [1.165, 1.54) is 0 Å². The fraction of sp³-hybridized carbons (Fsp3) is 0.500. The van der Waals surface area contributed by atoms with Crippen LogP contribution in [0.1, 0.15) is 11.8 Å². The Morgan fingerprint density at radius 2 is 2.44 bits per heavy atom. The standard InChI is InChI=1S/C8H10N6OS/c9-5-3-16-2-4(5)8-11-7(13-15-8)6-1-10-14-12-6/h1,4-5H,2-3,9H2,(H,10,12,14). The lowest BCUT2D eigenvalue weighted by Crippen LogP contribution is -2.26. The smallest absolute Gasteiger partial charge is 0.232 e. The van der Waals surface area contributed by atoms with E-state index in [-0.39, 0.29) is 12.0 Å². The van der Waals surface area contributed by atoms with Crippen LogP contribution in [-0.2, 0) is 0 Å². The first-order valence-electron chi connectivity index (χ1n) is 4.87. The van der Waals surface area contributed by atoms with Crippen LogP contribution in [0.4, 0.5) is 0 Å². The van der Waals surface area contributed by atoms with Crippen LogP contribution in [-0.4, -0.2) is 43.1 Å². The van der Waals surface area contributed by atoms with Crippen LogP contribution >= 0.6 is 11.8 Å². The van der Waals surface area contributed by atoms with Crippen molar-refractivity contribution in [3.05, 3.63) is 12.1 Å². The van der Waals surface area contributed by atoms with Crippen molar-refractivity contribution in [1.82, 2.24) is 25.6 Å². The largest absolute Gasteiger partial charge is 0.339 e. The van der Waals surface area contributed by atoms with Gasteiger partial charge in [0.05, 0.1) is 12.1 Å². The van der Waals surface area contributed by atoms with Crippen molar-refractivity contribution < 1.29 is 4.52 Å². The monoisotopic (exact) mass is 238 g/mol. The van der Waals surface area contributed by atoms with Crippen LogP contribution < -0.4 is 5.73 Å². The quantitative estimate of drug-likeness (QED) is 0.759. The highest BCUT2D eigenvalue weighted by molar-refractivity contribution is 7.99. The SMILES string of the molecule is NC1CSCC1c1nc(-c2cn[nH]n2)no1. The van der Waals surface area contributed by atoms with E-state index >= 15 is 0 Å². The van der Waals surface area contributed by atoms with Gasteiger partial charge >= 0.3 is 0 Å². The third-order valence-corrected chi connectivity index (χ3v) is 3.74. The molecule has 0 amide bonds. The zero-order chi connectivity index (χ0) is 11.0. The van der Waals surface area contributed by atoms with E-state index < -0.39 is 0 Å². The third-order valence-electron chi connectivity index (χ3n) is 2.53. The minimum Gasteiger partial charge on any atom is -0.339 e. The second kappa shape index (κ2) is 3.87. The van der Waals surface area contributed by atoms with Crippen molar-refractivity contribution in [2.75, 3.05) is 11.5 Å². The molecule has 3 rings (SSSR count). The predicted molar refractivity (Wildman–Crippen MR) is 57.7 cm³/mol. The Balaban J connectivity index is 1.88. The lowest BCUT2D eigenvalue weighted by atomic mass is 10.1. The number of nitrogens with zero attached hydrogens (tertiary/aromatic N) is 4. The van der Waals surface area contributed by atoms with Gasteiger partial charge in [0, 0.05) is 17.5 Å². The van der Waals surface area contributed by atoms with Gasteiger partial charge in [0.1, 0.15) is 0 Å². The minimum atomic E-state index is 0.0932. The number of hydrogen-bond donors (Lipinski definition) is 2. The third kappa shape index (κ3) is 1.59. The molecule has 0 aliphatic carbocycles. The van der Waals surface area contributed by atoms with Crippen molar-refractivity contribution in [3.8, 4) is 11.5 Å². The summed E-state index contributed by atoms with van der Waals surface area (Å²) in [5, 5.41) is 14.0. The highest BCUT2D eigenvalue weighted by Gasteiger charge is 2.31. The molecular weight excluding hydrogens is 228 g/mol. The van der Waals surface area contributed by atoms with Gasteiger partial charge in [-0.15, -0.1) is 0 Å². The van der Waals surface area contributed by atoms with Crippen molar-refractivity contribution in [2.45, 2.75) is 12.0 Å². The van der Waals surface area contributed by atoms with Crippen LogP contribution in [0.2, 0.25) is 0 Å². The number of thioether (sulfide) groups is 1. The number of rotatable bonds is 2. The zero-order valence-electron chi connectivity index (χ0n) is 8.33. The molecule has 0 bridgehead atoms. The molecular formula is C8H10N6OS. The Bertz CT molecular complexity index is 469. The molecule has 8 heteroatoms. The normalized spacial score (nSPS) is 25.1. The van der Waals surface area contributed by atoms with E-state index in [4.69, 9.17) is 10.3 Å². The molecule has 7 nitrogen and oxygen atoms in total. The molecule has 2 atom stereocenters. The Hall–Kier alpha value is -1.41. The number of aromatic nitrogens is 5. The molecule has 2 aromatic heterocycles. The predicted octanol–water partition coefficient (Wildman–Crippen LogP) is 0.0124. The lowest BCUT2D eigenvalue weighted by Gasteiger charge is -2.07. The van der Waals surface area contributed by atoms with Crippen LogP contribution in [0.25, 0.3) is 11.5 Å². The molecule has 2 unspecified atom stereocenters. The maximum Gasteiger partial charge on any atom is 0.232 e. The summed E-state index contributed by atoms with van der Waals surface area (Å²) in [4.78, 5) is 4.29. The van der Waals surface area contributed by atoms with Gasteiger partial charge in [0.15, 0.2) is 5.69 Å². The van der Waals surface area contributed by atoms with Gasteiger partial charge in [-0.2, -0.15) is 32.2 Å². The second-order valence-electron chi connectivity index (χ2n) is 3.62. The topological polar surface area (TPSA) is 107 Å². The number of H-pyrrole nitrogens is 1. The fourth-order valence-corrected chi connectivity index (χ4v) is 2.91. The summed E-state index contributed by atoms with van der Waals surface area (Å²) < 4.78 is 5.21. The average molecular weight is 238 g/mol. The van der Waals surface area contributed by atoms with E-state index in [2.05, 4.69) is 25.6 Å². The molecule has 16 heavy (non-hydrogen) atoms. The van der Waals surface area contributed by atoms with Crippen LogP contribution in [0, 0.1) is 0 Å². The first kappa shape index (κ1) is 9.79. The molecule has 0 spiro atoms. The zero-order valence-corrected chi connectivity index (χ0v) is 9.15. The number of hydrogen-bond acceptors (Lipinski definition) is 7. The summed E-state index contributed by atoms with van der Waals surface area (Å²) in [6, 6.07) is 0.0932. The number of nitrogens with one attached hydrogen (secondary N) is 1. The summed E-state index contributed by atoms with van der Waals surface area (Å²) in [5.41, 5.74) is 6.53. The molecule has 0 saturated carbocycles. The Morgan fingerprint density at radius 3 is 3.12 bits per heavy atom. The summed E-state index contributed by atoms with van der Waals surface area (Å²) >= 11 is 1.80. The molecule has 1 aliphatic heterocycles. The molecule has 0 aromatic carbocycles. The van der Waals surface area contributed by atoms with Crippen molar-refractivity contribution >= 4 is 11.8 Å². The van der Waals surface area contributed by atoms with Crippen LogP contribution in [0.5, 0.6) is 0 Å². The molecule has 3 heterocycles. The second-order valence-corrected chi connectivity index (χ2v) is 4.69. The van der Waals surface area contributed by atoms with Gasteiger partial charge in [-0.3, -0.25) is 0 Å². The lowest BCUT2D eigenvalue weighted by molar-refractivity contribution is 0.352. The summed E-state index contributed by atoms with van der Waals surface area (Å²) in [7, 11) is 0. The Kier molecular flexibility index (Phi) is 2.37. The van der Waals surface area contributed by atoms with Crippen molar-refractivity contribution in [2.24, 2.45) is 5.73 Å². The Labute approximate surface area is 95.2 Å². The molecule has 0 radical (unpaired) electrons. The van der Waals surface area contributed by atoms with E-state index in [1.807, 2.05) is 0 Å². The van der Waals surface area contributed by atoms with Gasteiger partial charge in [0.25, 0.3) is 0 Å². The highest BCUT2D eigenvalue weighted by atomic mass is 32.2. The van der Waals surface area contributed by atoms with Gasteiger partial charge in [-0.25, -0.2) is 0 Å². The first-order valence-corrected chi connectivity index (χ1v) is 6.03. The van der Waals surface area contributed by atoms with Crippen molar-refractivity contribution in [1.29, 1.82) is 0 Å². The fourth-order valence-electron chi connectivity index (χ4n) is 1.62. The first-order chi connectivity index (χ1) is 7.84. The van der Waals surface area contributed by atoms with E-state index in [1.54, 1.807) is 18.0 Å². The maximum absolute atomic E-state index is 5.96. The summed E-state index contributed by atoms with van der Waals surface area (Å²) in [6.45, 7) is 0. The van der Waals surface area contributed by atoms with Crippen LogP contribution in [0.15, 0.2) is 10.7 Å². The Morgan fingerprint density at radius 1 is 1.50 bits per heavy atom.